The summed E-state index contributed by atoms with van der Waals surface area (Å²) in [6, 6.07) is 1.78. The van der Waals surface area contributed by atoms with Crippen LogP contribution in [0.4, 0.5) is 5.69 Å². The van der Waals surface area contributed by atoms with Gasteiger partial charge >= 0.3 is 5.97 Å². The first kappa shape index (κ1) is 53.5. The lowest BCUT2D eigenvalue weighted by atomic mass is 9.91. The Balaban J connectivity index is 1.38. The number of hydrogen-bond acceptors (Lipinski definition) is 14. The molecule has 2 fully saturated rings. The van der Waals surface area contributed by atoms with Crippen LogP contribution in [0.1, 0.15) is 64.4 Å². The molecule has 354 valence electrons. The van der Waals surface area contributed by atoms with E-state index in [0.717, 1.165) is 39.1 Å². The number of likely N-dealkylation sites (tertiary alicyclic amines) is 1. The van der Waals surface area contributed by atoms with Gasteiger partial charge in [0.25, 0.3) is 0 Å². The Morgan fingerprint density at radius 1 is 0.828 bits per heavy atom. The number of carbonyl (C=O) groups excluding carboxylic acids is 9. The number of aliphatic hydroxyl groups is 1. The molecule has 22 nitrogen and oxygen atoms in total. The van der Waals surface area contributed by atoms with Crippen LogP contribution in [-0.2, 0) is 54.5 Å². The van der Waals surface area contributed by atoms with E-state index in [1.807, 2.05) is 12.1 Å². The fourth-order valence-corrected chi connectivity index (χ4v) is 9.16. The molecule has 3 unspecified atom stereocenters. The minimum atomic E-state index is -1.26. The number of benzene rings is 1. The van der Waals surface area contributed by atoms with Crippen molar-refractivity contribution in [2.45, 2.75) is 94.8 Å². The Morgan fingerprint density at radius 2 is 1.38 bits per heavy atom. The number of aliphatic hydroxyl groups excluding tert-OH is 1. The molecule has 9 amide bonds. The van der Waals surface area contributed by atoms with Gasteiger partial charge in [0.2, 0.25) is 53.2 Å². The number of imide groups is 1. The Hall–Kier alpha value is -4.85. The molecule has 1 aromatic rings. The molecule has 1 saturated heterocycles. The number of thioether (sulfide) groups is 1. The van der Waals surface area contributed by atoms with Crippen LogP contribution in [0.3, 0.4) is 0 Å². The molecular weight excluding hydrogens is 992 g/mol. The molecule has 3 atom stereocenters. The summed E-state index contributed by atoms with van der Waals surface area (Å²) in [4.78, 5) is 125. The fraction of sp³-hybridized carbons (Fsp3) is 0.590. The van der Waals surface area contributed by atoms with Gasteiger partial charge < -0.3 is 53.2 Å². The van der Waals surface area contributed by atoms with Crippen LogP contribution in [0.2, 0.25) is 0 Å². The van der Waals surface area contributed by atoms with Crippen molar-refractivity contribution < 1.29 is 58.2 Å². The van der Waals surface area contributed by atoms with E-state index in [-0.39, 0.29) is 36.8 Å². The number of carboxylic acids is 1. The number of halogens is 2. The zero-order valence-electron chi connectivity index (χ0n) is 35.5. The molecule has 1 aliphatic heterocycles. The maximum Gasteiger partial charge on any atom is 0.325 e. The molecule has 3 rings (SSSR count). The molecule has 1 heterocycles. The summed E-state index contributed by atoms with van der Waals surface area (Å²) in [6.07, 6.45) is 3.95. The Kier molecular flexibility index (Phi) is 22.4. The van der Waals surface area contributed by atoms with Crippen molar-refractivity contribution in [2.75, 3.05) is 57.3 Å². The van der Waals surface area contributed by atoms with E-state index in [1.54, 1.807) is 0 Å². The summed E-state index contributed by atoms with van der Waals surface area (Å²) in [6.45, 7) is 1.13. The second-order valence-corrected chi connectivity index (χ2v) is 18.2. The zero-order valence-corrected chi connectivity index (χ0v) is 39.5. The molecule has 1 aromatic carbocycles. The van der Waals surface area contributed by atoms with E-state index in [2.05, 4.69) is 74.0 Å². The third-order valence-electron chi connectivity index (χ3n) is 10.1. The quantitative estimate of drug-likeness (QED) is 0.0294. The monoisotopic (exact) mass is 1050 g/mol. The first-order valence-corrected chi connectivity index (χ1v) is 23.1. The highest BCUT2D eigenvalue weighted by atomic mass is 79.9. The lowest BCUT2D eigenvalue weighted by molar-refractivity contribution is -0.141. The summed E-state index contributed by atoms with van der Waals surface area (Å²) in [7, 11) is 0. The van der Waals surface area contributed by atoms with E-state index >= 15 is 0 Å². The number of aliphatic carboxylic acids is 1. The molecular formula is C39H56Br2N10O12S. The maximum absolute atomic E-state index is 13.3. The van der Waals surface area contributed by atoms with Gasteiger partial charge in [-0.2, -0.15) is 0 Å². The molecule has 64 heavy (non-hydrogen) atoms. The van der Waals surface area contributed by atoms with Crippen molar-refractivity contribution in [3.05, 3.63) is 26.6 Å². The maximum atomic E-state index is 13.3. The van der Waals surface area contributed by atoms with E-state index in [4.69, 9.17) is 10.8 Å². The number of amides is 9. The van der Waals surface area contributed by atoms with Crippen molar-refractivity contribution >= 4 is 108 Å². The third kappa shape index (κ3) is 18.7. The number of nitrogen functional groups attached to an aromatic ring is 1. The third-order valence-corrected chi connectivity index (χ3v) is 12.5. The summed E-state index contributed by atoms with van der Waals surface area (Å²) >= 11 is 8.09. The largest absolute Gasteiger partial charge is 0.480 e. The van der Waals surface area contributed by atoms with Gasteiger partial charge in [0.1, 0.15) is 12.1 Å². The highest BCUT2D eigenvalue weighted by Crippen LogP contribution is 2.32. The molecule has 0 radical (unpaired) electrons. The lowest BCUT2D eigenvalue weighted by Crippen LogP contribution is -2.51. The van der Waals surface area contributed by atoms with E-state index in [1.165, 1.54) is 18.7 Å². The number of nitrogens with zero attached hydrogens (tertiary/aromatic N) is 2. The van der Waals surface area contributed by atoms with Crippen LogP contribution < -0.4 is 43.0 Å². The van der Waals surface area contributed by atoms with Crippen molar-refractivity contribution in [3.8, 4) is 0 Å². The number of rotatable bonds is 25. The van der Waals surface area contributed by atoms with Crippen molar-refractivity contribution in [1.82, 2.24) is 47.0 Å². The Morgan fingerprint density at radius 3 is 1.92 bits per heavy atom. The normalized spacial score (nSPS) is 18.1. The summed E-state index contributed by atoms with van der Waals surface area (Å²) in [5.41, 5.74) is 7.99. The molecule has 25 heteroatoms. The van der Waals surface area contributed by atoms with Gasteiger partial charge in [0.05, 0.1) is 49.8 Å². The van der Waals surface area contributed by atoms with Gasteiger partial charge in [-0.05, 0) is 85.6 Å². The average molecular weight is 1050 g/mol. The van der Waals surface area contributed by atoms with E-state index in [0.29, 0.717) is 44.5 Å². The highest BCUT2D eigenvalue weighted by Gasteiger charge is 2.39. The smallest absolute Gasteiger partial charge is 0.325 e. The molecule has 2 aliphatic rings. The number of carboxylic acid groups (broad SMARTS) is 1. The Bertz CT molecular complexity index is 1900. The molecule has 11 N–H and O–H groups in total. The Labute approximate surface area is 390 Å². The molecule has 0 bridgehead atoms. The predicted octanol–water partition coefficient (Wildman–Crippen LogP) is -1.78. The van der Waals surface area contributed by atoms with Gasteiger partial charge in [0.15, 0.2) is 0 Å². The first-order chi connectivity index (χ1) is 30.2. The van der Waals surface area contributed by atoms with Gasteiger partial charge in [0, 0.05) is 47.2 Å². The minimum absolute atomic E-state index is 0.0793. The van der Waals surface area contributed by atoms with E-state index in [9.17, 15) is 53.1 Å². The highest BCUT2D eigenvalue weighted by molar-refractivity contribution is 9.11. The zero-order chi connectivity index (χ0) is 47.5. The van der Waals surface area contributed by atoms with Crippen LogP contribution in [-0.4, -0.2) is 160 Å². The van der Waals surface area contributed by atoms with Crippen LogP contribution in [0.15, 0.2) is 21.1 Å². The van der Waals surface area contributed by atoms with Crippen LogP contribution in [0, 0.1) is 0 Å². The van der Waals surface area contributed by atoms with Gasteiger partial charge in [-0.3, -0.25) is 57.7 Å². The second kappa shape index (κ2) is 26.8. The van der Waals surface area contributed by atoms with Gasteiger partial charge in [-0.1, -0.05) is 15.9 Å². The molecule has 0 aromatic heterocycles. The number of hydrogen-bond donors (Lipinski definition) is 10. The minimum Gasteiger partial charge on any atom is -0.480 e. The number of anilines is 1. The average Bonchev–Trinajstić information content (AvgIpc) is 3.51. The second-order valence-electron chi connectivity index (χ2n) is 15.2. The fourth-order valence-electron chi connectivity index (χ4n) is 6.66. The standard InChI is InChI=1S/C39H56Br2N10O12S/c1-21(39(62)63)48-34(58)18-46-32(56)16-44-30(54)14-43-31(55)15-45-33(57)17-47-37(60)28(49-22(2)52)20-64-29-13-35(59)51(38(29)61)10-4-3-9-50(25-5-7-26(53)8-6-25)19-23-11-24(40)12-27(41)36(23)42/h11-12,21,25-26,28-29,53H,3-10,13-20,42H2,1-2H3,(H,43,55)(H,44,54)(H,45,57)(H,46,56)(H,47,60)(H,48,58)(H,49,52)(H,62,63)/t21?,25-,26-,28?,29?. The van der Waals surface area contributed by atoms with Crippen LogP contribution in [0.25, 0.3) is 0 Å². The summed E-state index contributed by atoms with van der Waals surface area (Å²) < 4.78 is 1.68. The molecule has 1 aliphatic carbocycles. The van der Waals surface area contributed by atoms with Crippen LogP contribution >= 0.6 is 43.6 Å². The van der Waals surface area contributed by atoms with E-state index < -0.39 is 103 Å². The van der Waals surface area contributed by atoms with Crippen molar-refractivity contribution in [3.63, 3.8) is 0 Å². The summed E-state index contributed by atoms with van der Waals surface area (Å²) in [5.74, 6) is -7.22. The molecule has 1 saturated carbocycles. The van der Waals surface area contributed by atoms with Gasteiger partial charge in [-0.15, -0.1) is 11.8 Å². The van der Waals surface area contributed by atoms with Crippen LogP contribution in [0.5, 0.6) is 0 Å². The number of unbranched alkanes of at least 4 members (excludes halogenated alkanes) is 1. The molecule has 0 spiro atoms. The first-order valence-electron chi connectivity index (χ1n) is 20.5. The topological polar surface area (TPSA) is 328 Å². The van der Waals surface area contributed by atoms with Crippen molar-refractivity contribution in [2.24, 2.45) is 0 Å². The number of nitrogens with two attached hydrogens (primary N) is 1. The summed E-state index contributed by atoms with van der Waals surface area (Å²) in [5, 5.41) is 33.9. The number of nitrogens with one attached hydrogen (secondary N) is 7. The number of carbonyl (C=O) groups is 10. The van der Waals surface area contributed by atoms with Crippen molar-refractivity contribution in [1.29, 1.82) is 0 Å². The lowest BCUT2D eigenvalue weighted by Gasteiger charge is -2.36. The predicted molar refractivity (Wildman–Crippen MR) is 240 cm³/mol. The SMILES string of the molecule is CC(=O)NC(CSC1CC(=O)N(CCCCN(Cc2cc(Br)cc(Br)c2N)[C@H]2CC[C@H](O)CC2)C1=O)C(=O)NCC(=O)NCC(=O)NCC(=O)NCC(=O)NCC(=O)NC(C)C(=O)O. The van der Waals surface area contributed by atoms with Gasteiger partial charge in [-0.25, -0.2) is 0 Å².